The van der Waals surface area contributed by atoms with Gasteiger partial charge in [0, 0.05) is 12.0 Å². The fraction of sp³-hybridized carbons (Fsp3) is 0.467. The highest BCUT2D eigenvalue weighted by Gasteiger charge is 2.15. The van der Waals surface area contributed by atoms with Gasteiger partial charge in [0.25, 0.3) is 0 Å². The molecule has 19 heavy (non-hydrogen) atoms. The van der Waals surface area contributed by atoms with Crippen molar-refractivity contribution in [3.63, 3.8) is 0 Å². The van der Waals surface area contributed by atoms with E-state index in [9.17, 15) is 8.42 Å². The fourth-order valence-electron chi connectivity index (χ4n) is 2.41. The zero-order valence-electron chi connectivity index (χ0n) is 11.1. The molecule has 1 aromatic carbocycles. The lowest BCUT2D eigenvalue weighted by Crippen LogP contribution is -2.28. The summed E-state index contributed by atoms with van der Waals surface area (Å²) in [4.78, 5) is 0. The quantitative estimate of drug-likeness (QED) is 0.900. The van der Waals surface area contributed by atoms with Crippen LogP contribution in [0.4, 0.5) is 0 Å². The van der Waals surface area contributed by atoms with Gasteiger partial charge in [0.2, 0.25) is 10.0 Å². The van der Waals surface area contributed by atoms with Crippen molar-refractivity contribution in [3.8, 4) is 0 Å². The van der Waals surface area contributed by atoms with E-state index in [1.807, 2.05) is 30.3 Å². The Labute approximate surface area is 115 Å². The lowest BCUT2D eigenvalue weighted by Gasteiger charge is -2.21. The number of benzene rings is 1. The van der Waals surface area contributed by atoms with Crippen LogP contribution >= 0.6 is 0 Å². The molecular weight excluding hydrogens is 258 g/mol. The second-order valence-electron chi connectivity index (χ2n) is 5.11. The minimum Gasteiger partial charge on any atom is -0.211 e. The molecule has 4 heteroatoms. The van der Waals surface area contributed by atoms with Crippen molar-refractivity contribution in [2.45, 2.75) is 32.1 Å². The molecule has 0 bridgehead atoms. The van der Waals surface area contributed by atoms with Gasteiger partial charge < -0.3 is 0 Å². The third-order valence-electron chi connectivity index (χ3n) is 3.54. The van der Waals surface area contributed by atoms with E-state index in [1.54, 1.807) is 6.08 Å². The fourth-order valence-corrected chi connectivity index (χ4v) is 3.31. The second kappa shape index (κ2) is 6.87. The molecule has 0 unspecified atom stereocenters. The molecule has 0 atom stereocenters. The van der Waals surface area contributed by atoms with Crippen molar-refractivity contribution in [1.29, 1.82) is 0 Å². The first-order valence-electron chi connectivity index (χ1n) is 6.88. The van der Waals surface area contributed by atoms with Crippen LogP contribution in [0.25, 0.3) is 6.08 Å². The molecule has 3 nitrogen and oxygen atoms in total. The molecule has 1 aliphatic carbocycles. The van der Waals surface area contributed by atoms with E-state index in [-0.39, 0.29) is 0 Å². The van der Waals surface area contributed by atoms with Crippen molar-refractivity contribution in [3.05, 3.63) is 41.3 Å². The molecule has 1 fully saturated rings. The minimum atomic E-state index is -3.31. The normalized spacial score (nSPS) is 17.9. The third-order valence-corrected chi connectivity index (χ3v) is 4.60. The van der Waals surface area contributed by atoms with Crippen molar-refractivity contribution in [2.75, 3.05) is 6.54 Å². The van der Waals surface area contributed by atoms with E-state index in [2.05, 4.69) is 4.72 Å². The van der Waals surface area contributed by atoms with Crippen molar-refractivity contribution in [2.24, 2.45) is 5.92 Å². The van der Waals surface area contributed by atoms with Crippen LogP contribution in [0.2, 0.25) is 0 Å². The molecule has 0 heterocycles. The van der Waals surface area contributed by atoms with Gasteiger partial charge >= 0.3 is 0 Å². The maximum atomic E-state index is 11.8. The Morgan fingerprint density at radius 1 is 1.11 bits per heavy atom. The van der Waals surface area contributed by atoms with Crippen LogP contribution in [0.3, 0.4) is 0 Å². The highest BCUT2D eigenvalue weighted by molar-refractivity contribution is 7.92. The lowest BCUT2D eigenvalue weighted by molar-refractivity contribution is 0.357. The zero-order valence-corrected chi connectivity index (χ0v) is 11.9. The summed E-state index contributed by atoms with van der Waals surface area (Å²) >= 11 is 0. The minimum absolute atomic E-state index is 0.508. The van der Waals surface area contributed by atoms with Crippen LogP contribution in [-0.4, -0.2) is 15.0 Å². The summed E-state index contributed by atoms with van der Waals surface area (Å²) in [7, 11) is -3.31. The van der Waals surface area contributed by atoms with E-state index in [0.717, 1.165) is 18.4 Å². The molecule has 0 radical (unpaired) electrons. The topological polar surface area (TPSA) is 46.2 Å². The van der Waals surface area contributed by atoms with Gasteiger partial charge in [-0.25, -0.2) is 13.1 Å². The Bertz CT molecular complexity index is 502. The number of hydrogen-bond acceptors (Lipinski definition) is 2. The Kier molecular flexibility index (Phi) is 5.16. The standard InChI is InChI=1S/C15H21NO2S/c17-19(18,12-11-14-7-3-1-4-8-14)16-13-15-9-5-2-6-10-15/h1,3-4,7-8,11-12,15-16H,2,5-6,9-10,13H2/b12-11+. The molecule has 0 aromatic heterocycles. The summed E-state index contributed by atoms with van der Waals surface area (Å²) in [5.41, 5.74) is 0.894. The Morgan fingerprint density at radius 2 is 1.79 bits per heavy atom. The number of nitrogens with one attached hydrogen (secondary N) is 1. The molecular formula is C15H21NO2S. The molecule has 1 aliphatic rings. The van der Waals surface area contributed by atoms with Gasteiger partial charge in [-0.3, -0.25) is 0 Å². The van der Waals surface area contributed by atoms with E-state index >= 15 is 0 Å². The SMILES string of the molecule is O=S(=O)(/C=C/c1ccccc1)NCC1CCCCC1. The second-order valence-corrected chi connectivity index (χ2v) is 6.76. The summed E-state index contributed by atoms with van der Waals surface area (Å²) < 4.78 is 26.4. The van der Waals surface area contributed by atoms with Crippen LogP contribution in [0.15, 0.2) is 35.7 Å². The Hall–Kier alpha value is -1.13. The summed E-state index contributed by atoms with van der Waals surface area (Å²) in [6.07, 6.45) is 7.66. The summed E-state index contributed by atoms with van der Waals surface area (Å²) in [6.45, 7) is 0.571. The van der Waals surface area contributed by atoms with E-state index in [0.29, 0.717) is 12.5 Å². The van der Waals surface area contributed by atoms with E-state index < -0.39 is 10.0 Å². The molecule has 1 aromatic rings. The summed E-state index contributed by atoms with van der Waals surface area (Å²) in [5, 5.41) is 1.26. The first-order chi connectivity index (χ1) is 9.16. The molecule has 104 valence electrons. The number of sulfonamides is 1. The Balaban J connectivity index is 1.86. The predicted octanol–water partition coefficient (Wildman–Crippen LogP) is 3.16. The van der Waals surface area contributed by atoms with Crippen LogP contribution in [0.1, 0.15) is 37.7 Å². The van der Waals surface area contributed by atoms with Crippen LogP contribution in [0.5, 0.6) is 0 Å². The van der Waals surface area contributed by atoms with Gasteiger partial charge in [-0.2, -0.15) is 0 Å². The van der Waals surface area contributed by atoms with Crippen molar-refractivity contribution in [1.82, 2.24) is 4.72 Å². The predicted molar refractivity (Wildman–Crippen MR) is 79.0 cm³/mol. The molecule has 2 rings (SSSR count). The molecule has 0 amide bonds. The number of rotatable bonds is 5. The van der Waals surface area contributed by atoms with Crippen LogP contribution in [-0.2, 0) is 10.0 Å². The van der Waals surface area contributed by atoms with Crippen molar-refractivity contribution < 1.29 is 8.42 Å². The average Bonchev–Trinajstić information content (AvgIpc) is 2.46. The first-order valence-corrected chi connectivity index (χ1v) is 8.43. The largest absolute Gasteiger partial charge is 0.233 e. The molecule has 1 N–H and O–H groups in total. The third kappa shape index (κ3) is 5.17. The van der Waals surface area contributed by atoms with E-state index in [4.69, 9.17) is 0 Å². The summed E-state index contributed by atoms with van der Waals surface area (Å²) in [6, 6.07) is 9.46. The van der Waals surface area contributed by atoms with Gasteiger partial charge in [-0.1, -0.05) is 49.6 Å². The molecule has 0 saturated heterocycles. The van der Waals surface area contributed by atoms with Crippen molar-refractivity contribution >= 4 is 16.1 Å². The lowest BCUT2D eigenvalue weighted by atomic mass is 9.90. The maximum absolute atomic E-state index is 11.8. The highest BCUT2D eigenvalue weighted by Crippen LogP contribution is 2.22. The van der Waals surface area contributed by atoms with E-state index in [1.165, 1.54) is 24.7 Å². The molecule has 1 saturated carbocycles. The van der Waals surface area contributed by atoms with Crippen LogP contribution < -0.4 is 4.72 Å². The van der Waals surface area contributed by atoms with Gasteiger partial charge in [-0.05, 0) is 30.4 Å². The summed E-state index contributed by atoms with van der Waals surface area (Å²) in [5.74, 6) is 0.508. The number of hydrogen-bond donors (Lipinski definition) is 1. The van der Waals surface area contributed by atoms with Crippen LogP contribution in [0, 0.1) is 5.92 Å². The molecule has 0 spiro atoms. The van der Waals surface area contributed by atoms with Gasteiger partial charge in [0.05, 0.1) is 0 Å². The monoisotopic (exact) mass is 279 g/mol. The van der Waals surface area contributed by atoms with Gasteiger partial charge in [-0.15, -0.1) is 0 Å². The highest BCUT2D eigenvalue weighted by atomic mass is 32.2. The zero-order chi connectivity index (χ0) is 13.6. The first kappa shape index (κ1) is 14.3. The average molecular weight is 279 g/mol. The molecule has 0 aliphatic heterocycles. The Morgan fingerprint density at radius 3 is 2.47 bits per heavy atom. The van der Waals surface area contributed by atoms with Gasteiger partial charge in [0.15, 0.2) is 0 Å². The smallest absolute Gasteiger partial charge is 0.211 e. The maximum Gasteiger partial charge on any atom is 0.233 e. The van der Waals surface area contributed by atoms with Gasteiger partial charge in [0.1, 0.15) is 0 Å².